The Kier molecular flexibility index (Phi) is 12.0. The molecule has 62 heavy (non-hydrogen) atoms. The monoisotopic (exact) mass is 870 g/mol. The van der Waals surface area contributed by atoms with Crippen LogP contribution in [0.3, 0.4) is 0 Å². The van der Waals surface area contributed by atoms with Crippen molar-refractivity contribution in [1.29, 1.82) is 0 Å². The average Bonchev–Trinajstić information content (AvgIpc) is 3.58. The summed E-state index contributed by atoms with van der Waals surface area (Å²) < 4.78 is 64.9. The Morgan fingerprint density at radius 2 is 1.50 bits per heavy atom. The van der Waals surface area contributed by atoms with E-state index in [2.05, 4.69) is 58.1 Å². The van der Waals surface area contributed by atoms with Gasteiger partial charge >= 0.3 is 11.9 Å². The normalized spacial score (nSPS) is 36.6. The Hall–Kier alpha value is -3.64. The predicted molar refractivity (Wildman–Crippen MR) is 226 cm³/mol. The molecule has 1 aromatic carbocycles. The molecule has 1 heterocycles. The summed E-state index contributed by atoms with van der Waals surface area (Å²) in [5, 5.41) is 12.4. The minimum atomic E-state index is -1.73. The van der Waals surface area contributed by atoms with Gasteiger partial charge in [0.05, 0.1) is 11.8 Å². The van der Waals surface area contributed by atoms with Crippen LogP contribution in [0.15, 0.2) is 17.3 Å². The molecule has 10 atom stereocenters. The number of carbonyl (C=O) groups is 3. The molecule has 1 aromatic rings. The van der Waals surface area contributed by atoms with Crippen LogP contribution in [0.1, 0.15) is 138 Å². The molecule has 5 saturated carbocycles. The predicted octanol–water partition coefficient (Wildman–Crippen LogP) is 11.3. The van der Waals surface area contributed by atoms with Gasteiger partial charge in [0, 0.05) is 55.0 Å². The van der Waals surface area contributed by atoms with Gasteiger partial charge in [-0.1, -0.05) is 51.9 Å². The van der Waals surface area contributed by atoms with Crippen LogP contribution in [-0.4, -0.2) is 65.0 Å². The number of ether oxygens (including phenoxy) is 1. The number of halogens is 4. The second-order valence-electron chi connectivity index (χ2n) is 22.4. The second kappa shape index (κ2) is 16.1. The molecule has 6 fully saturated rings. The van der Waals surface area contributed by atoms with E-state index in [9.17, 15) is 37.1 Å². The number of allylic oxidation sites excluding steroid dienone is 1. The average molecular weight is 870 g/mol. The molecule has 7 rings (SSSR count). The van der Waals surface area contributed by atoms with E-state index in [0.29, 0.717) is 49.1 Å². The van der Waals surface area contributed by atoms with Crippen LogP contribution in [0.25, 0.3) is 10.4 Å². The highest BCUT2D eigenvalue weighted by Gasteiger charge is 2.71. The van der Waals surface area contributed by atoms with Gasteiger partial charge in [-0.05, 0) is 142 Å². The zero-order chi connectivity index (χ0) is 45.5. The maximum Gasteiger partial charge on any atom is 0.309 e. The number of carboxylic acid groups (broad SMARTS) is 1. The Morgan fingerprint density at radius 1 is 0.855 bits per heavy atom. The van der Waals surface area contributed by atoms with Gasteiger partial charge < -0.3 is 14.7 Å². The number of carbonyl (C=O) groups excluding carboxylic acids is 2. The fraction of sp³-hybridized carbons (Fsp3) is 0.771. The molecule has 0 radical (unpaired) electrons. The minimum Gasteiger partial charge on any atom is -0.481 e. The van der Waals surface area contributed by atoms with Crippen molar-refractivity contribution in [3.8, 4) is 0 Å². The van der Waals surface area contributed by atoms with Crippen molar-refractivity contribution in [2.24, 2.45) is 67.2 Å². The van der Waals surface area contributed by atoms with Crippen LogP contribution in [-0.2, 0) is 25.7 Å². The molecule has 0 spiro atoms. The lowest BCUT2D eigenvalue weighted by molar-refractivity contribution is -0.250. The number of benzene rings is 1. The number of rotatable bonds is 10. The van der Waals surface area contributed by atoms with Crippen molar-refractivity contribution in [3.63, 3.8) is 0 Å². The molecule has 0 unspecified atom stereocenters. The van der Waals surface area contributed by atoms with E-state index >= 15 is 0 Å². The fourth-order valence-electron chi connectivity index (χ4n) is 15.1. The van der Waals surface area contributed by atoms with Crippen molar-refractivity contribution >= 4 is 23.5 Å². The van der Waals surface area contributed by atoms with E-state index in [1.54, 1.807) is 18.7 Å². The maximum absolute atomic E-state index is 14.9. The molecule has 0 aromatic heterocycles. The van der Waals surface area contributed by atoms with Crippen LogP contribution in [0, 0.1) is 85.3 Å². The smallest absolute Gasteiger partial charge is 0.309 e. The van der Waals surface area contributed by atoms with Crippen LogP contribution >= 0.6 is 0 Å². The molecule has 1 aliphatic heterocycles. The van der Waals surface area contributed by atoms with E-state index in [-0.39, 0.29) is 58.6 Å². The first-order valence-corrected chi connectivity index (χ1v) is 22.9. The quantitative estimate of drug-likeness (QED) is 0.0473. The summed E-state index contributed by atoms with van der Waals surface area (Å²) >= 11 is 0. The molecule has 342 valence electrons. The number of hydrogen-bond acceptors (Lipinski definition) is 6. The van der Waals surface area contributed by atoms with Gasteiger partial charge in [-0.25, -0.2) is 17.6 Å². The Labute approximate surface area is 364 Å². The zero-order valence-corrected chi connectivity index (χ0v) is 38.0. The second-order valence-corrected chi connectivity index (χ2v) is 22.4. The van der Waals surface area contributed by atoms with Crippen molar-refractivity contribution in [3.05, 3.63) is 51.4 Å². The van der Waals surface area contributed by atoms with Crippen molar-refractivity contribution in [2.75, 3.05) is 26.2 Å². The summed E-state index contributed by atoms with van der Waals surface area (Å²) in [6, 6.07) is 0. The van der Waals surface area contributed by atoms with E-state index in [1.807, 2.05) is 4.90 Å². The Morgan fingerprint density at radius 3 is 2.10 bits per heavy atom. The fourth-order valence-corrected chi connectivity index (χ4v) is 15.1. The zero-order valence-electron chi connectivity index (χ0n) is 38.0. The maximum atomic E-state index is 14.9. The molecule has 1 amide bonds. The first kappa shape index (κ1) is 46.4. The molecular formula is C48H67F4N5O5. The highest BCUT2D eigenvalue weighted by atomic mass is 19.2. The number of nitrogens with zero attached hydrogens (tertiary/aromatic N) is 5. The third-order valence-electron chi connectivity index (χ3n) is 18.7. The first-order chi connectivity index (χ1) is 28.9. The number of aliphatic carboxylic acids is 1. The molecule has 0 bridgehead atoms. The highest BCUT2D eigenvalue weighted by Crippen LogP contribution is 2.78. The summed E-state index contributed by atoms with van der Waals surface area (Å²) in [5.74, 6) is -6.15. The van der Waals surface area contributed by atoms with Crippen molar-refractivity contribution < 1.29 is 41.8 Å². The topological polar surface area (TPSA) is 136 Å². The molecular weight excluding hydrogens is 803 g/mol. The molecule has 1 saturated heterocycles. The summed E-state index contributed by atoms with van der Waals surface area (Å²) in [6.45, 7) is 22.7. The SMILES string of the molecule is C=C(C)[C@@H]1CC[C@]2(CC(=O)N3CCN(Cc4c(F)c(F)c(N=[N+]=[N-])c(F)c4F)CC3)CC[C@]3(C)[C@H](CC[C@@H]4[C@@]5(C)CC[C@H](OC(=O)CC(C)(C)C(=O)O)C(C)(C)[C@@H]5CC[C@]43C)[C@@H]12. The van der Waals surface area contributed by atoms with Crippen molar-refractivity contribution in [1.82, 2.24) is 9.80 Å². The molecule has 1 N–H and O–H groups in total. The van der Waals surface area contributed by atoms with E-state index < -0.39 is 58.4 Å². The van der Waals surface area contributed by atoms with Gasteiger partial charge in [0.25, 0.3) is 0 Å². The standard InChI is InChI=1S/C48H67F4N5O5/c1-27(2)28-12-17-48(24-34(58)57-22-20-56(21-23-57)26-29-37(49)39(51)41(54-55-53)40(52)38(29)50)19-18-46(8)30(36(28)48)10-11-32-45(7)15-14-33(62-35(59)25-43(3,4)42(60)61)44(5,6)31(45)13-16-47(32,46)9/h28,30-33,36H,1,10-26H2,2-9H3,(H,60,61)/t28-,30+,31-,32+,33-,36+,45-,46+,47+,48+/m0/s1. The van der Waals surface area contributed by atoms with Gasteiger partial charge in [-0.2, -0.15) is 0 Å². The summed E-state index contributed by atoms with van der Waals surface area (Å²) in [4.78, 5) is 45.1. The highest BCUT2D eigenvalue weighted by molar-refractivity contribution is 5.81. The van der Waals surface area contributed by atoms with Gasteiger partial charge in [0.2, 0.25) is 5.91 Å². The van der Waals surface area contributed by atoms with Gasteiger partial charge in [0.1, 0.15) is 11.8 Å². The number of fused-ring (bicyclic) bond motifs is 7. The number of azide groups is 1. The lowest BCUT2D eigenvalue weighted by Gasteiger charge is -2.73. The number of carboxylic acids is 1. The lowest BCUT2D eigenvalue weighted by atomic mass is 9.32. The van der Waals surface area contributed by atoms with E-state index in [0.717, 1.165) is 64.2 Å². The summed E-state index contributed by atoms with van der Waals surface area (Å²) in [6.07, 6.45) is 9.97. The van der Waals surface area contributed by atoms with Gasteiger partial charge in [-0.15, -0.1) is 0 Å². The lowest BCUT2D eigenvalue weighted by Crippen LogP contribution is -2.67. The third-order valence-corrected chi connectivity index (χ3v) is 18.7. The summed E-state index contributed by atoms with van der Waals surface area (Å²) in [5.41, 5.74) is 6.17. The van der Waals surface area contributed by atoms with Crippen LogP contribution in [0.5, 0.6) is 0 Å². The first-order valence-electron chi connectivity index (χ1n) is 22.9. The minimum absolute atomic E-state index is 0.0407. The van der Waals surface area contributed by atoms with E-state index in [4.69, 9.17) is 10.3 Å². The largest absolute Gasteiger partial charge is 0.481 e. The number of amides is 1. The number of hydrogen-bond donors (Lipinski definition) is 1. The van der Waals surface area contributed by atoms with Crippen molar-refractivity contribution in [2.45, 2.75) is 145 Å². The van der Waals surface area contributed by atoms with Crippen LogP contribution in [0.4, 0.5) is 23.2 Å². The molecule has 14 heteroatoms. The molecule has 10 nitrogen and oxygen atoms in total. The van der Waals surface area contributed by atoms with Gasteiger partial charge in [0.15, 0.2) is 23.3 Å². The van der Waals surface area contributed by atoms with E-state index in [1.165, 1.54) is 5.57 Å². The number of piperazine rings is 1. The van der Waals surface area contributed by atoms with Crippen LogP contribution in [0.2, 0.25) is 0 Å². The van der Waals surface area contributed by atoms with Crippen LogP contribution < -0.4 is 0 Å². The number of esters is 1. The third kappa shape index (κ3) is 7.25. The van der Waals surface area contributed by atoms with Gasteiger partial charge in [-0.3, -0.25) is 19.3 Å². The Balaban J connectivity index is 1.06. The summed E-state index contributed by atoms with van der Waals surface area (Å²) in [7, 11) is 0. The Bertz CT molecular complexity index is 2040. The molecule has 5 aliphatic carbocycles. The molecule has 6 aliphatic rings.